The van der Waals surface area contributed by atoms with Gasteiger partial charge in [-0.05, 0) is 56.2 Å². The van der Waals surface area contributed by atoms with Crippen molar-refractivity contribution < 1.29 is 22.7 Å². The van der Waals surface area contributed by atoms with Crippen LogP contribution in [0.25, 0.3) is 11.0 Å². The van der Waals surface area contributed by atoms with Gasteiger partial charge < -0.3 is 4.74 Å². The van der Waals surface area contributed by atoms with Gasteiger partial charge in [0.05, 0.1) is 22.3 Å². The second-order valence-corrected chi connectivity index (χ2v) is 10.1. The van der Waals surface area contributed by atoms with Gasteiger partial charge in [0.1, 0.15) is 0 Å². The maximum absolute atomic E-state index is 12.6. The molecule has 0 radical (unpaired) electrons. The van der Waals surface area contributed by atoms with Crippen molar-refractivity contribution in [1.29, 1.82) is 0 Å². The summed E-state index contributed by atoms with van der Waals surface area (Å²) in [6.45, 7) is 3.09. The normalized spacial score (nSPS) is 14.5. The molecule has 10 heteroatoms. The van der Waals surface area contributed by atoms with E-state index in [4.69, 9.17) is 4.74 Å². The molecule has 0 N–H and O–H groups in total. The quantitative estimate of drug-likeness (QED) is 0.340. The number of benzene rings is 2. The summed E-state index contributed by atoms with van der Waals surface area (Å²) in [5.74, 6) is -1.03. The standard InChI is InChI=1S/C24H27N3O6S/c1-2-26-20-7-3-4-8-21(20)27(24(26)30)16-13-23(29)33-17-22(28)18-9-11-19(12-10-18)34(31,32)25-14-5-6-15-25/h3-4,7-12H,2,5-6,13-17H2,1H3. The Morgan fingerprint density at radius 1 is 0.941 bits per heavy atom. The van der Waals surface area contributed by atoms with Crippen molar-refractivity contribution in [2.45, 2.75) is 44.2 Å². The summed E-state index contributed by atoms with van der Waals surface area (Å²) in [5, 5.41) is 0. The molecule has 4 rings (SSSR count). The van der Waals surface area contributed by atoms with Gasteiger partial charge in [0.25, 0.3) is 0 Å². The predicted molar refractivity (Wildman–Crippen MR) is 126 cm³/mol. The summed E-state index contributed by atoms with van der Waals surface area (Å²) in [6, 6.07) is 13.0. The van der Waals surface area contributed by atoms with Crippen molar-refractivity contribution >= 4 is 32.8 Å². The number of sulfonamides is 1. The number of aryl methyl sites for hydroxylation is 2. The Bertz CT molecular complexity index is 1370. The summed E-state index contributed by atoms with van der Waals surface area (Å²) in [7, 11) is -3.55. The van der Waals surface area contributed by atoms with E-state index in [0.717, 1.165) is 23.9 Å². The summed E-state index contributed by atoms with van der Waals surface area (Å²) >= 11 is 0. The molecule has 9 nitrogen and oxygen atoms in total. The first kappa shape index (κ1) is 23.9. The monoisotopic (exact) mass is 485 g/mol. The average Bonchev–Trinajstić information content (AvgIpc) is 3.48. The first-order valence-electron chi connectivity index (χ1n) is 11.3. The minimum Gasteiger partial charge on any atom is -0.457 e. The molecule has 0 spiro atoms. The number of aromatic nitrogens is 2. The fraction of sp³-hybridized carbons (Fsp3) is 0.375. The number of carbonyl (C=O) groups excluding carboxylic acids is 2. The predicted octanol–water partition coefficient (Wildman–Crippen LogP) is 2.42. The molecule has 1 aliphatic rings. The third-order valence-electron chi connectivity index (χ3n) is 6.02. The molecule has 0 aliphatic carbocycles. The molecule has 180 valence electrons. The van der Waals surface area contributed by atoms with E-state index in [1.165, 1.54) is 33.1 Å². The first-order chi connectivity index (χ1) is 16.3. The van der Waals surface area contributed by atoms with E-state index in [9.17, 15) is 22.8 Å². The number of rotatable bonds is 9. The third-order valence-corrected chi connectivity index (χ3v) is 7.94. The van der Waals surface area contributed by atoms with Crippen molar-refractivity contribution in [1.82, 2.24) is 13.4 Å². The Morgan fingerprint density at radius 2 is 1.56 bits per heavy atom. The number of hydrogen-bond acceptors (Lipinski definition) is 6. The Labute approximate surface area is 197 Å². The molecule has 0 amide bonds. The molecule has 2 heterocycles. The van der Waals surface area contributed by atoms with E-state index in [2.05, 4.69) is 0 Å². The largest absolute Gasteiger partial charge is 0.457 e. The highest BCUT2D eigenvalue weighted by Crippen LogP contribution is 2.21. The van der Waals surface area contributed by atoms with Crippen LogP contribution in [0.5, 0.6) is 0 Å². The minimum atomic E-state index is -3.55. The summed E-state index contributed by atoms with van der Waals surface area (Å²) in [5.41, 5.74) is 1.60. The van der Waals surface area contributed by atoms with E-state index in [1.54, 1.807) is 4.57 Å². The number of nitrogens with zero attached hydrogens (tertiary/aromatic N) is 3. The highest BCUT2D eigenvalue weighted by atomic mass is 32.2. The molecule has 0 unspecified atom stereocenters. The number of ketones is 1. The average molecular weight is 486 g/mol. The Morgan fingerprint density at radius 3 is 2.18 bits per heavy atom. The Hall–Kier alpha value is -3.24. The van der Waals surface area contributed by atoms with Crippen LogP contribution < -0.4 is 5.69 Å². The lowest BCUT2D eigenvalue weighted by atomic mass is 10.1. The zero-order valence-corrected chi connectivity index (χ0v) is 19.8. The molecule has 3 aromatic rings. The van der Waals surface area contributed by atoms with Crippen LogP contribution in [0.3, 0.4) is 0 Å². The smallest absolute Gasteiger partial charge is 0.329 e. The number of carbonyl (C=O) groups is 2. The Kier molecular flexibility index (Phi) is 6.99. The van der Waals surface area contributed by atoms with Crippen LogP contribution in [0, 0.1) is 0 Å². The number of Topliss-reactive ketones (excluding diaryl/α,β-unsaturated/α-hetero) is 1. The second kappa shape index (κ2) is 9.94. The molecule has 2 aromatic carbocycles. The maximum atomic E-state index is 12.6. The number of esters is 1. The van der Waals surface area contributed by atoms with Gasteiger partial charge in [0.2, 0.25) is 10.0 Å². The van der Waals surface area contributed by atoms with Crippen LogP contribution in [0.1, 0.15) is 36.5 Å². The number of ether oxygens (including phenoxy) is 1. The van der Waals surface area contributed by atoms with E-state index < -0.39 is 28.4 Å². The first-order valence-corrected chi connectivity index (χ1v) is 12.7. The number of imidazole rings is 1. The lowest BCUT2D eigenvalue weighted by Gasteiger charge is -2.15. The van der Waals surface area contributed by atoms with Gasteiger partial charge in [0, 0.05) is 31.7 Å². The van der Waals surface area contributed by atoms with E-state index in [1.807, 2.05) is 31.2 Å². The van der Waals surface area contributed by atoms with E-state index >= 15 is 0 Å². The van der Waals surface area contributed by atoms with E-state index in [-0.39, 0.29) is 29.1 Å². The van der Waals surface area contributed by atoms with Crippen molar-refractivity contribution in [3.63, 3.8) is 0 Å². The maximum Gasteiger partial charge on any atom is 0.329 e. The fourth-order valence-corrected chi connectivity index (χ4v) is 5.71. The third kappa shape index (κ3) is 4.69. The van der Waals surface area contributed by atoms with Gasteiger partial charge in [-0.3, -0.25) is 18.7 Å². The summed E-state index contributed by atoms with van der Waals surface area (Å²) < 4.78 is 34.9. The van der Waals surface area contributed by atoms with Crippen molar-refractivity contribution in [2.75, 3.05) is 19.7 Å². The minimum absolute atomic E-state index is 0.0576. The summed E-state index contributed by atoms with van der Waals surface area (Å²) in [6.07, 6.45) is 1.63. The molecular weight excluding hydrogens is 458 g/mol. The fourth-order valence-electron chi connectivity index (χ4n) is 4.19. The molecule has 0 saturated carbocycles. The van der Waals surface area contributed by atoms with Crippen molar-refractivity contribution in [3.8, 4) is 0 Å². The highest BCUT2D eigenvalue weighted by molar-refractivity contribution is 7.89. The van der Waals surface area contributed by atoms with E-state index in [0.29, 0.717) is 19.6 Å². The van der Waals surface area contributed by atoms with Crippen LogP contribution in [0.2, 0.25) is 0 Å². The zero-order valence-electron chi connectivity index (χ0n) is 19.0. The van der Waals surface area contributed by atoms with Gasteiger partial charge in [0.15, 0.2) is 12.4 Å². The molecule has 1 aliphatic heterocycles. The summed E-state index contributed by atoms with van der Waals surface area (Å²) in [4.78, 5) is 37.4. The van der Waals surface area contributed by atoms with Crippen LogP contribution in [-0.4, -0.2) is 53.3 Å². The number of fused-ring (bicyclic) bond motifs is 1. The Balaban J connectivity index is 1.34. The van der Waals surface area contributed by atoms with Crippen LogP contribution in [0.4, 0.5) is 0 Å². The van der Waals surface area contributed by atoms with Crippen LogP contribution >= 0.6 is 0 Å². The topological polar surface area (TPSA) is 108 Å². The lowest BCUT2D eigenvalue weighted by molar-refractivity contribution is -0.142. The SMILES string of the molecule is CCn1c(=O)n(CCC(=O)OCC(=O)c2ccc(S(=O)(=O)N3CCCC3)cc2)c2ccccc21. The number of hydrogen-bond donors (Lipinski definition) is 0. The molecule has 1 fully saturated rings. The number of para-hydroxylation sites is 2. The lowest BCUT2D eigenvalue weighted by Crippen LogP contribution is -2.27. The second-order valence-electron chi connectivity index (χ2n) is 8.14. The molecule has 0 bridgehead atoms. The molecule has 1 aromatic heterocycles. The van der Waals surface area contributed by atoms with Gasteiger partial charge in [-0.2, -0.15) is 4.31 Å². The highest BCUT2D eigenvalue weighted by Gasteiger charge is 2.27. The van der Waals surface area contributed by atoms with Crippen molar-refractivity contribution in [2.24, 2.45) is 0 Å². The van der Waals surface area contributed by atoms with Gasteiger partial charge in [-0.15, -0.1) is 0 Å². The molecule has 1 saturated heterocycles. The molecular formula is C24H27N3O6S. The zero-order chi connectivity index (χ0) is 24.3. The van der Waals surface area contributed by atoms with Crippen molar-refractivity contribution in [3.05, 3.63) is 64.6 Å². The van der Waals surface area contributed by atoms with Gasteiger partial charge in [-0.25, -0.2) is 13.2 Å². The van der Waals surface area contributed by atoms with Crippen LogP contribution in [-0.2, 0) is 32.6 Å². The van der Waals surface area contributed by atoms with Crippen LogP contribution in [0.15, 0.2) is 58.2 Å². The van der Waals surface area contributed by atoms with Gasteiger partial charge >= 0.3 is 11.7 Å². The molecule has 0 atom stereocenters. The molecule has 34 heavy (non-hydrogen) atoms. The van der Waals surface area contributed by atoms with Gasteiger partial charge in [-0.1, -0.05) is 12.1 Å².